The molecule has 2 aliphatic heterocycles. The summed E-state index contributed by atoms with van der Waals surface area (Å²) in [6.07, 6.45) is 3.48. The lowest BCUT2D eigenvalue weighted by Crippen LogP contribution is -2.21. The molecule has 15 heavy (non-hydrogen) atoms. The molecule has 76 valence electrons. The van der Waals surface area contributed by atoms with Crippen LogP contribution in [0.1, 0.15) is 5.56 Å². The maximum atomic E-state index is 9.36. The molecule has 2 heterocycles. The first kappa shape index (κ1) is 8.35. The van der Waals surface area contributed by atoms with Gasteiger partial charge in [0, 0.05) is 18.8 Å². The average Bonchev–Trinajstić information content (AvgIpc) is 2.61. The molecular weight excluding hydrogens is 192 g/mol. The van der Waals surface area contributed by atoms with Gasteiger partial charge in [0.05, 0.1) is 12.1 Å². The van der Waals surface area contributed by atoms with Crippen LogP contribution in [0, 0.1) is 0 Å². The van der Waals surface area contributed by atoms with Gasteiger partial charge in [-0.25, -0.2) is 0 Å². The van der Waals surface area contributed by atoms with E-state index in [-0.39, 0.29) is 5.75 Å². The van der Waals surface area contributed by atoms with Gasteiger partial charge in [-0.15, -0.1) is 0 Å². The highest BCUT2D eigenvalue weighted by molar-refractivity contribution is 6.03. The molecule has 4 heteroatoms. The maximum Gasteiger partial charge on any atom is 0.141 e. The first-order chi connectivity index (χ1) is 7.34. The lowest BCUT2D eigenvalue weighted by atomic mass is 10.1. The van der Waals surface area contributed by atoms with Crippen molar-refractivity contribution in [3.63, 3.8) is 0 Å². The molecule has 0 atom stereocenters. The van der Waals surface area contributed by atoms with Gasteiger partial charge >= 0.3 is 0 Å². The van der Waals surface area contributed by atoms with Gasteiger partial charge in [0.1, 0.15) is 23.6 Å². The Kier molecular flexibility index (Phi) is 1.68. The Morgan fingerprint density at radius 3 is 3.27 bits per heavy atom. The number of aliphatic imine (C=N–C) groups is 1. The molecule has 1 aromatic carbocycles. The summed E-state index contributed by atoms with van der Waals surface area (Å²) < 4.78 is 5.40. The van der Waals surface area contributed by atoms with Gasteiger partial charge in [-0.2, -0.15) is 0 Å². The van der Waals surface area contributed by atoms with Crippen molar-refractivity contribution in [3.8, 4) is 11.5 Å². The van der Waals surface area contributed by atoms with Crippen molar-refractivity contribution in [2.45, 2.75) is 0 Å². The number of rotatable bonds is 0. The lowest BCUT2D eigenvalue weighted by molar-refractivity contribution is 0.451. The van der Waals surface area contributed by atoms with E-state index in [2.05, 4.69) is 4.99 Å². The van der Waals surface area contributed by atoms with Gasteiger partial charge in [0.25, 0.3) is 0 Å². The quantitative estimate of drug-likeness (QED) is 0.690. The standard InChI is InChI=1S/C11H10N2O2/c14-8-1-2-9-10(7-8)15-6-5-13-4-3-12-11(9)13/h1-2,5-7,14H,3-4H2. The summed E-state index contributed by atoms with van der Waals surface area (Å²) in [7, 11) is 0. The molecule has 1 aromatic rings. The summed E-state index contributed by atoms with van der Waals surface area (Å²) in [5, 5.41) is 9.36. The van der Waals surface area contributed by atoms with E-state index in [4.69, 9.17) is 4.74 Å². The van der Waals surface area contributed by atoms with Crippen LogP contribution in [-0.2, 0) is 0 Å². The second-order valence-electron chi connectivity index (χ2n) is 3.48. The van der Waals surface area contributed by atoms with Crippen LogP contribution in [0.4, 0.5) is 0 Å². The van der Waals surface area contributed by atoms with Gasteiger partial charge in [0.2, 0.25) is 0 Å². The third-order valence-corrected chi connectivity index (χ3v) is 2.52. The van der Waals surface area contributed by atoms with E-state index >= 15 is 0 Å². The molecule has 3 rings (SSSR count). The molecule has 0 radical (unpaired) electrons. The zero-order valence-electron chi connectivity index (χ0n) is 8.05. The first-order valence-electron chi connectivity index (χ1n) is 4.82. The number of ether oxygens (including phenoxy) is 1. The smallest absolute Gasteiger partial charge is 0.141 e. The molecule has 0 saturated carbocycles. The Morgan fingerprint density at radius 1 is 1.40 bits per heavy atom. The minimum atomic E-state index is 0.203. The van der Waals surface area contributed by atoms with Gasteiger partial charge in [-0.3, -0.25) is 4.99 Å². The van der Waals surface area contributed by atoms with Crippen molar-refractivity contribution in [1.29, 1.82) is 0 Å². The molecule has 0 spiro atoms. The second kappa shape index (κ2) is 3.02. The molecule has 0 amide bonds. The van der Waals surface area contributed by atoms with Crippen LogP contribution in [0.25, 0.3) is 0 Å². The monoisotopic (exact) mass is 202 g/mol. The number of fused-ring (bicyclic) bond motifs is 3. The van der Waals surface area contributed by atoms with E-state index in [9.17, 15) is 5.11 Å². The molecule has 0 aliphatic carbocycles. The maximum absolute atomic E-state index is 9.36. The highest BCUT2D eigenvalue weighted by Gasteiger charge is 2.22. The fourth-order valence-electron chi connectivity index (χ4n) is 1.82. The molecule has 4 nitrogen and oxygen atoms in total. The number of amidine groups is 1. The fraction of sp³-hybridized carbons (Fsp3) is 0.182. The van der Waals surface area contributed by atoms with Crippen molar-refractivity contribution >= 4 is 5.84 Å². The minimum Gasteiger partial charge on any atom is -0.508 e. The van der Waals surface area contributed by atoms with Crippen molar-refractivity contribution in [1.82, 2.24) is 4.90 Å². The zero-order chi connectivity index (χ0) is 10.3. The van der Waals surface area contributed by atoms with Crippen molar-refractivity contribution in [3.05, 3.63) is 36.2 Å². The molecule has 0 bridgehead atoms. The highest BCUT2D eigenvalue weighted by atomic mass is 16.5. The van der Waals surface area contributed by atoms with Crippen LogP contribution in [-0.4, -0.2) is 28.9 Å². The van der Waals surface area contributed by atoms with E-state index in [0.29, 0.717) is 5.75 Å². The van der Waals surface area contributed by atoms with Crippen LogP contribution in [0.15, 0.2) is 35.7 Å². The Bertz CT molecular complexity index is 466. The van der Waals surface area contributed by atoms with Gasteiger partial charge in [0.15, 0.2) is 0 Å². The normalized spacial score (nSPS) is 17.6. The first-order valence-corrected chi connectivity index (χ1v) is 4.82. The van der Waals surface area contributed by atoms with Gasteiger partial charge < -0.3 is 14.7 Å². The van der Waals surface area contributed by atoms with Crippen LogP contribution >= 0.6 is 0 Å². The number of phenols is 1. The third-order valence-electron chi connectivity index (χ3n) is 2.52. The average molecular weight is 202 g/mol. The number of benzene rings is 1. The third kappa shape index (κ3) is 1.26. The van der Waals surface area contributed by atoms with Crippen LogP contribution in [0.2, 0.25) is 0 Å². The number of nitrogens with zero attached hydrogens (tertiary/aromatic N) is 2. The van der Waals surface area contributed by atoms with Gasteiger partial charge in [-0.1, -0.05) is 0 Å². The predicted molar refractivity (Wildman–Crippen MR) is 56.0 cm³/mol. The van der Waals surface area contributed by atoms with Crippen molar-refractivity contribution < 1.29 is 9.84 Å². The summed E-state index contributed by atoms with van der Waals surface area (Å²) in [6.45, 7) is 1.69. The topological polar surface area (TPSA) is 45.1 Å². The van der Waals surface area contributed by atoms with Crippen LogP contribution < -0.4 is 4.74 Å². The number of hydrogen-bond acceptors (Lipinski definition) is 4. The molecule has 1 N–H and O–H groups in total. The molecule has 0 aromatic heterocycles. The SMILES string of the molecule is Oc1ccc2c(c1)OC=CN1CCN=C21. The summed E-state index contributed by atoms with van der Waals surface area (Å²) >= 11 is 0. The van der Waals surface area contributed by atoms with E-state index in [1.807, 2.05) is 17.2 Å². The summed E-state index contributed by atoms with van der Waals surface area (Å²) in [4.78, 5) is 6.46. The summed E-state index contributed by atoms with van der Waals surface area (Å²) in [5.74, 6) is 1.77. The van der Waals surface area contributed by atoms with E-state index in [1.54, 1.807) is 18.4 Å². The van der Waals surface area contributed by atoms with Gasteiger partial charge in [-0.05, 0) is 12.1 Å². The molecule has 0 saturated heterocycles. The Hall–Kier alpha value is -1.97. The summed E-state index contributed by atoms with van der Waals surface area (Å²) in [5.41, 5.74) is 0.926. The molecular formula is C11H10N2O2. The van der Waals surface area contributed by atoms with E-state index in [1.165, 1.54) is 0 Å². The lowest BCUT2D eigenvalue weighted by Gasteiger charge is -2.13. The fourth-order valence-corrected chi connectivity index (χ4v) is 1.82. The van der Waals surface area contributed by atoms with Crippen molar-refractivity contribution in [2.24, 2.45) is 4.99 Å². The Balaban J connectivity index is 2.17. The number of phenolic OH excluding ortho intramolecular Hbond substituents is 1. The molecule has 0 unspecified atom stereocenters. The molecule has 0 fully saturated rings. The second-order valence-corrected chi connectivity index (χ2v) is 3.48. The highest BCUT2D eigenvalue weighted by Crippen LogP contribution is 2.29. The largest absolute Gasteiger partial charge is 0.508 e. The van der Waals surface area contributed by atoms with Crippen LogP contribution in [0.3, 0.4) is 0 Å². The van der Waals surface area contributed by atoms with E-state index < -0.39 is 0 Å². The van der Waals surface area contributed by atoms with Crippen LogP contribution in [0.5, 0.6) is 11.5 Å². The Morgan fingerprint density at radius 2 is 2.33 bits per heavy atom. The predicted octanol–water partition coefficient (Wildman–Crippen LogP) is 1.32. The Labute approximate surface area is 87.1 Å². The minimum absolute atomic E-state index is 0.203. The number of hydrogen-bond donors (Lipinski definition) is 1. The molecule has 2 aliphatic rings. The summed E-state index contributed by atoms with van der Waals surface area (Å²) in [6, 6.07) is 5.07. The van der Waals surface area contributed by atoms with Crippen molar-refractivity contribution in [2.75, 3.05) is 13.1 Å². The van der Waals surface area contributed by atoms with E-state index in [0.717, 1.165) is 24.5 Å². The zero-order valence-corrected chi connectivity index (χ0v) is 8.05. The number of aromatic hydroxyl groups is 1.